The summed E-state index contributed by atoms with van der Waals surface area (Å²) in [4.78, 5) is 42.4. The number of carbonyl (C=O) groups is 2. The standard InChI is InChI=1S/C27H33N5O7S/c1-19-11-14-31(15-12-19)23-10-9-20(16-24(23)32(35)36)27(34)39-18-26(33)29-21-6-5-7-22(17-21)40(37,38)30-25-8-3-2-4-13-28-25/h5-7,9-10,16-17,19H,2-4,8,11-15,18H2,1H3,(H,28,30)(H,29,33). The topological polar surface area (TPSA) is 160 Å². The van der Waals surface area contributed by atoms with E-state index in [4.69, 9.17) is 4.74 Å². The summed E-state index contributed by atoms with van der Waals surface area (Å²) in [6.45, 7) is 3.44. The molecule has 0 saturated carbocycles. The molecule has 0 unspecified atom stereocenters. The molecule has 2 aliphatic rings. The fraction of sp³-hybridized carbons (Fsp3) is 0.444. The molecule has 0 bridgehead atoms. The van der Waals surface area contributed by atoms with E-state index in [1.165, 1.54) is 36.4 Å². The van der Waals surface area contributed by atoms with Crippen molar-refractivity contribution >= 4 is 44.8 Å². The molecule has 40 heavy (non-hydrogen) atoms. The molecule has 13 heteroatoms. The number of nitrogens with one attached hydrogen (secondary N) is 2. The van der Waals surface area contributed by atoms with Gasteiger partial charge in [0.2, 0.25) is 0 Å². The third kappa shape index (κ3) is 7.56. The van der Waals surface area contributed by atoms with Crippen LogP contribution in [0.15, 0.2) is 52.4 Å². The number of nitrogens with zero attached hydrogens (tertiary/aromatic N) is 3. The minimum absolute atomic E-state index is 0.0470. The highest BCUT2D eigenvalue weighted by Gasteiger charge is 2.25. The molecule has 0 spiro atoms. The number of aliphatic imine (C=N–C) groups is 1. The average molecular weight is 572 g/mol. The van der Waals surface area contributed by atoms with E-state index in [0.717, 1.165) is 38.2 Å². The van der Waals surface area contributed by atoms with Gasteiger partial charge in [-0.15, -0.1) is 0 Å². The molecule has 2 aromatic carbocycles. The Balaban J connectivity index is 1.36. The number of nitro groups is 1. The third-order valence-corrected chi connectivity index (χ3v) is 8.30. The van der Waals surface area contributed by atoms with Gasteiger partial charge in [-0.3, -0.25) is 24.6 Å². The van der Waals surface area contributed by atoms with Crippen LogP contribution >= 0.6 is 0 Å². The number of anilines is 2. The number of rotatable bonds is 8. The minimum atomic E-state index is -3.90. The second-order valence-corrected chi connectivity index (χ2v) is 11.7. The second-order valence-electron chi connectivity index (χ2n) is 10.0. The first-order valence-corrected chi connectivity index (χ1v) is 14.8. The van der Waals surface area contributed by atoms with Crippen LogP contribution in [0, 0.1) is 16.0 Å². The molecule has 214 valence electrons. The van der Waals surface area contributed by atoms with Crippen molar-refractivity contribution in [2.24, 2.45) is 10.9 Å². The van der Waals surface area contributed by atoms with Crippen molar-refractivity contribution in [1.29, 1.82) is 0 Å². The summed E-state index contributed by atoms with van der Waals surface area (Å²) < 4.78 is 33.2. The molecule has 12 nitrogen and oxygen atoms in total. The SMILES string of the molecule is CC1CCN(c2ccc(C(=O)OCC(=O)Nc3cccc(S(=O)(=O)NC4=NCCCCC4)c3)cc2[N+](=O)[O-])CC1. The van der Waals surface area contributed by atoms with Gasteiger partial charge in [0, 0.05) is 37.8 Å². The molecule has 0 aromatic heterocycles. The molecule has 2 heterocycles. The zero-order valence-electron chi connectivity index (χ0n) is 22.3. The van der Waals surface area contributed by atoms with Gasteiger partial charge >= 0.3 is 5.97 Å². The van der Waals surface area contributed by atoms with Gasteiger partial charge in [0.05, 0.1) is 15.4 Å². The van der Waals surface area contributed by atoms with Gasteiger partial charge in [-0.25, -0.2) is 13.2 Å². The van der Waals surface area contributed by atoms with Gasteiger partial charge in [0.25, 0.3) is 21.6 Å². The van der Waals surface area contributed by atoms with Crippen LogP contribution in [0.5, 0.6) is 0 Å². The van der Waals surface area contributed by atoms with E-state index < -0.39 is 33.4 Å². The Morgan fingerprint density at radius 3 is 2.65 bits per heavy atom. The van der Waals surface area contributed by atoms with Gasteiger partial charge in [-0.2, -0.15) is 0 Å². The smallest absolute Gasteiger partial charge is 0.338 e. The van der Waals surface area contributed by atoms with Crippen molar-refractivity contribution < 1.29 is 27.7 Å². The molecular weight excluding hydrogens is 538 g/mol. The Morgan fingerprint density at radius 2 is 1.90 bits per heavy atom. The van der Waals surface area contributed by atoms with Gasteiger partial charge in [-0.1, -0.05) is 19.4 Å². The van der Waals surface area contributed by atoms with Crippen molar-refractivity contribution in [3.8, 4) is 0 Å². The third-order valence-electron chi connectivity index (χ3n) is 6.92. The highest BCUT2D eigenvalue weighted by molar-refractivity contribution is 7.90. The molecule has 4 rings (SSSR count). The maximum Gasteiger partial charge on any atom is 0.338 e. The summed E-state index contributed by atoms with van der Waals surface area (Å²) >= 11 is 0. The number of sulfonamides is 1. The highest BCUT2D eigenvalue weighted by atomic mass is 32.2. The van der Waals surface area contributed by atoms with Gasteiger partial charge < -0.3 is 15.0 Å². The van der Waals surface area contributed by atoms with Crippen molar-refractivity contribution in [2.75, 3.05) is 36.5 Å². The van der Waals surface area contributed by atoms with E-state index in [0.29, 0.717) is 43.5 Å². The van der Waals surface area contributed by atoms with E-state index in [1.54, 1.807) is 0 Å². The average Bonchev–Trinajstić information content (AvgIpc) is 3.20. The summed E-state index contributed by atoms with van der Waals surface area (Å²) in [5.41, 5.74) is 0.397. The summed E-state index contributed by atoms with van der Waals surface area (Å²) in [5, 5.41) is 14.2. The molecule has 1 saturated heterocycles. The Labute approximate surface area is 233 Å². The number of benzene rings is 2. The van der Waals surface area contributed by atoms with Crippen molar-refractivity contribution in [1.82, 2.24) is 4.72 Å². The number of carbonyl (C=O) groups excluding carboxylic acids is 2. The van der Waals surface area contributed by atoms with Crippen LogP contribution in [0.3, 0.4) is 0 Å². The zero-order valence-corrected chi connectivity index (χ0v) is 23.1. The number of hydrogen-bond donors (Lipinski definition) is 2. The Kier molecular flexibility index (Phi) is 9.35. The molecule has 2 N–H and O–H groups in total. The lowest BCUT2D eigenvalue weighted by Crippen LogP contribution is -2.33. The quantitative estimate of drug-likeness (QED) is 0.274. The van der Waals surface area contributed by atoms with Gasteiger partial charge in [0.15, 0.2) is 6.61 Å². The van der Waals surface area contributed by atoms with E-state index in [9.17, 15) is 28.1 Å². The van der Waals surface area contributed by atoms with Crippen LogP contribution in [0.25, 0.3) is 0 Å². The molecule has 1 fully saturated rings. The summed E-state index contributed by atoms with van der Waals surface area (Å²) in [7, 11) is -3.90. The minimum Gasteiger partial charge on any atom is -0.452 e. The predicted octanol–water partition coefficient (Wildman–Crippen LogP) is 3.88. The normalized spacial score (nSPS) is 16.4. The second kappa shape index (κ2) is 12.9. The first-order valence-electron chi connectivity index (χ1n) is 13.3. The lowest BCUT2D eigenvalue weighted by molar-refractivity contribution is -0.384. The van der Waals surface area contributed by atoms with Gasteiger partial charge in [0.1, 0.15) is 11.5 Å². The van der Waals surface area contributed by atoms with Crippen molar-refractivity contribution in [2.45, 2.75) is 50.3 Å². The number of hydrogen-bond acceptors (Lipinski definition) is 9. The maximum atomic E-state index is 12.8. The Hall–Kier alpha value is -4.00. The maximum absolute atomic E-state index is 12.8. The van der Waals surface area contributed by atoms with E-state index in [-0.39, 0.29) is 21.8 Å². The van der Waals surface area contributed by atoms with E-state index in [1.807, 2.05) is 4.90 Å². The van der Waals surface area contributed by atoms with Crippen molar-refractivity contribution in [3.05, 3.63) is 58.1 Å². The summed E-state index contributed by atoms with van der Waals surface area (Å²) in [5.74, 6) is -0.614. The van der Waals surface area contributed by atoms with Crippen LogP contribution in [0.1, 0.15) is 55.8 Å². The largest absolute Gasteiger partial charge is 0.452 e. The molecular formula is C27H33N5O7S. The summed E-state index contributed by atoms with van der Waals surface area (Å²) in [6, 6.07) is 9.82. The first-order chi connectivity index (χ1) is 19.1. The monoisotopic (exact) mass is 571 g/mol. The summed E-state index contributed by atoms with van der Waals surface area (Å²) in [6.07, 6.45) is 5.15. The molecule has 1 amide bonds. The number of amidine groups is 1. The number of ether oxygens (including phenoxy) is 1. The van der Waals surface area contributed by atoms with Crippen LogP contribution in [0.4, 0.5) is 17.1 Å². The lowest BCUT2D eigenvalue weighted by Gasteiger charge is -2.31. The molecule has 0 aliphatic carbocycles. The Morgan fingerprint density at radius 1 is 1.12 bits per heavy atom. The highest BCUT2D eigenvalue weighted by Crippen LogP contribution is 2.32. The lowest BCUT2D eigenvalue weighted by atomic mass is 9.98. The number of esters is 1. The predicted molar refractivity (Wildman–Crippen MR) is 150 cm³/mol. The van der Waals surface area contributed by atoms with E-state index >= 15 is 0 Å². The number of amides is 1. The number of piperidine rings is 1. The van der Waals surface area contributed by atoms with Crippen LogP contribution in [-0.2, 0) is 19.6 Å². The van der Waals surface area contributed by atoms with Gasteiger partial charge in [-0.05, 0) is 61.9 Å². The molecule has 2 aromatic rings. The fourth-order valence-corrected chi connectivity index (χ4v) is 5.77. The Bertz CT molecular complexity index is 1400. The van der Waals surface area contributed by atoms with Crippen LogP contribution in [0.2, 0.25) is 0 Å². The van der Waals surface area contributed by atoms with E-state index in [2.05, 4.69) is 22.0 Å². The number of nitro benzene ring substituents is 1. The van der Waals surface area contributed by atoms with Crippen LogP contribution < -0.4 is 14.9 Å². The zero-order chi connectivity index (χ0) is 28.7. The molecule has 2 aliphatic heterocycles. The van der Waals surface area contributed by atoms with Crippen molar-refractivity contribution in [3.63, 3.8) is 0 Å². The molecule has 0 radical (unpaired) electrons. The molecule has 0 atom stereocenters. The fourth-order valence-electron chi connectivity index (χ4n) is 4.64. The first kappa shape index (κ1) is 29.0. The van der Waals surface area contributed by atoms with Crippen LogP contribution in [-0.4, -0.2) is 57.3 Å².